The molecular formula is C15H18O3. The maximum atomic E-state index is 10.9. The average Bonchev–Trinajstić information content (AvgIpc) is 3.09. The van der Waals surface area contributed by atoms with Gasteiger partial charge in [-0.2, -0.15) is 0 Å². The number of benzene rings is 1. The Morgan fingerprint density at radius 2 is 1.94 bits per heavy atom. The van der Waals surface area contributed by atoms with E-state index >= 15 is 0 Å². The van der Waals surface area contributed by atoms with Crippen molar-refractivity contribution in [1.82, 2.24) is 0 Å². The fourth-order valence-corrected chi connectivity index (χ4v) is 3.22. The zero-order valence-electron chi connectivity index (χ0n) is 10.4. The highest BCUT2D eigenvalue weighted by molar-refractivity contribution is 5.71. The molecule has 0 bridgehead atoms. The highest BCUT2D eigenvalue weighted by Crippen LogP contribution is 2.54. The summed E-state index contributed by atoms with van der Waals surface area (Å²) in [6.07, 6.45) is 6.17. The number of hydrogen-bond donors (Lipinski definition) is 2. The second-order valence-corrected chi connectivity index (χ2v) is 5.66. The van der Waals surface area contributed by atoms with Gasteiger partial charge < -0.3 is 10.2 Å². The lowest BCUT2D eigenvalue weighted by molar-refractivity contribution is -0.137. The molecule has 96 valence electrons. The van der Waals surface area contributed by atoms with Crippen LogP contribution in [0, 0.1) is 0 Å². The highest BCUT2D eigenvalue weighted by atomic mass is 16.4. The van der Waals surface area contributed by atoms with Crippen molar-refractivity contribution in [2.24, 2.45) is 0 Å². The molecule has 0 spiro atoms. The van der Waals surface area contributed by atoms with Gasteiger partial charge in [0.05, 0.1) is 6.42 Å². The summed E-state index contributed by atoms with van der Waals surface area (Å²) in [5.41, 5.74) is 2.89. The van der Waals surface area contributed by atoms with Crippen LogP contribution in [-0.4, -0.2) is 16.2 Å². The third kappa shape index (κ3) is 1.78. The van der Waals surface area contributed by atoms with E-state index in [4.69, 9.17) is 5.11 Å². The van der Waals surface area contributed by atoms with Crippen LogP contribution in [0.1, 0.15) is 48.8 Å². The quantitative estimate of drug-likeness (QED) is 0.862. The van der Waals surface area contributed by atoms with Crippen LogP contribution in [0.4, 0.5) is 0 Å². The smallest absolute Gasteiger partial charge is 0.304 e. The number of carboxylic acid groups (broad SMARTS) is 1. The number of rotatable bonds is 3. The Bertz CT molecular complexity index is 501. The molecule has 1 aromatic rings. The van der Waals surface area contributed by atoms with Crippen molar-refractivity contribution < 1.29 is 15.0 Å². The molecule has 18 heavy (non-hydrogen) atoms. The van der Waals surface area contributed by atoms with Crippen LogP contribution >= 0.6 is 0 Å². The van der Waals surface area contributed by atoms with Crippen molar-refractivity contribution in [3.63, 3.8) is 0 Å². The van der Waals surface area contributed by atoms with E-state index in [1.807, 2.05) is 6.07 Å². The standard InChI is InChI=1S/C15H18O3/c16-13(17)9-15(7-8-15)12-6-5-10-3-1-2-4-11(10)14(12)18/h5-6,18H,1-4,7-9H2,(H,16,17). The highest BCUT2D eigenvalue weighted by Gasteiger charge is 2.48. The number of hydrogen-bond acceptors (Lipinski definition) is 2. The van der Waals surface area contributed by atoms with Gasteiger partial charge in [-0.1, -0.05) is 12.1 Å². The second-order valence-electron chi connectivity index (χ2n) is 5.66. The minimum atomic E-state index is -0.773. The van der Waals surface area contributed by atoms with E-state index in [9.17, 15) is 9.90 Å². The first-order valence-corrected chi connectivity index (χ1v) is 6.68. The van der Waals surface area contributed by atoms with Gasteiger partial charge in [0.1, 0.15) is 5.75 Å². The zero-order valence-corrected chi connectivity index (χ0v) is 10.4. The van der Waals surface area contributed by atoms with Crippen LogP contribution in [0.3, 0.4) is 0 Å². The molecule has 0 aliphatic heterocycles. The number of aryl methyl sites for hydroxylation is 1. The first-order chi connectivity index (χ1) is 8.62. The lowest BCUT2D eigenvalue weighted by Gasteiger charge is -2.22. The molecule has 1 fully saturated rings. The van der Waals surface area contributed by atoms with Crippen LogP contribution in [0.25, 0.3) is 0 Å². The molecule has 0 saturated heterocycles. The van der Waals surface area contributed by atoms with Gasteiger partial charge in [-0.15, -0.1) is 0 Å². The predicted octanol–water partition coefficient (Wildman–Crippen LogP) is 2.78. The minimum absolute atomic E-state index is 0.138. The van der Waals surface area contributed by atoms with Crippen LogP contribution in [0.5, 0.6) is 5.75 Å². The van der Waals surface area contributed by atoms with E-state index in [1.54, 1.807) is 0 Å². The van der Waals surface area contributed by atoms with E-state index < -0.39 is 5.97 Å². The van der Waals surface area contributed by atoms with Crippen molar-refractivity contribution in [2.75, 3.05) is 0 Å². The lowest BCUT2D eigenvalue weighted by Crippen LogP contribution is -2.15. The Kier molecular flexibility index (Phi) is 2.58. The fraction of sp³-hybridized carbons (Fsp3) is 0.533. The van der Waals surface area contributed by atoms with Gasteiger partial charge in [-0.3, -0.25) is 4.79 Å². The Labute approximate surface area is 106 Å². The normalized spacial score (nSPS) is 20.2. The molecular weight excluding hydrogens is 228 g/mol. The van der Waals surface area contributed by atoms with Gasteiger partial charge in [0.25, 0.3) is 0 Å². The molecule has 0 unspecified atom stereocenters. The molecule has 3 nitrogen and oxygen atoms in total. The molecule has 2 N–H and O–H groups in total. The average molecular weight is 246 g/mol. The summed E-state index contributed by atoms with van der Waals surface area (Å²) in [6, 6.07) is 4.04. The van der Waals surface area contributed by atoms with Crippen molar-refractivity contribution in [3.05, 3.63) is 28.8 Å². The first-order valence-electron chi connectivity index (χ1n) is 6.68. The van der Waals surface area contributed by atoms with Crippen LogP contribution in [0.15, 0.2) is 12.1 Å². The lowest BCUT2D eigenvalue weighted by atomic mass is 9.84. The summed E-state index contributed by atoms with van der Waals surface area (Å²) in [6.45, 7) is 0. The van der Waals surface area contributed by atoms with Crippen molar-refractivity contribution >= 4 is 5.97 Å². The second kappa shape index (κ2) is 4.01. The van der Waals surface area contributed by atoms with Gasteiger partial charge >= 0.3 is 5.97 Å². The first kappa shape index (κ1) is 11.6. The Morgan fingerprint density at radius 1 is 1.22 bits per heavy atom. The molecule has 3 heteroatoms. The molecule has 1 aromatic carbocycles. The monoisotopic (exact) mass is 246 g/mol. The van der Waals surface area contributed by atoms with Gasteiger partial charge in [0, 0.05) is 11.0 Å². The molecule has 2 aliphatic carbocycles. The zero-order chi connectivity index (χ0) is 12.8. The van der Waals surface area contributed by atoms with Gasteiger partial charge in [0.15, 0.2) is 0 Å². The molecule has 2 aliphatic rings. The number of phenolic OH excluding ortho intramolecular Hbond substituents is 1. The molecule has 0 amide bonds. The van der Waals surface area contributed by atoms with Gasteiger partial charge in [-0.05, 0) is 49.7 Å². The fourth-order valence-electron chi connectivity index (χ4n) is 3.22. The molecule has 1 saturated carbocycles. The molecule has 3 rings (SSSR count). The number of aliphatic carboxylic acids is 1. The number of phenols is 1. The largest absolute Gasteiger partial charge is 0.507 e. The van der Waals surface area contributed by atoms with Gasteiger partial charge in [0.2, 0.25) is 0 Å². The SMILES string of the molecule is O=C(O)CC1(c2ccc3c(c2O)CCCC3)CC1. The Morgan fingerprint density at radius 3 is 2.61 bits per heavy atom. The third-order valence-corrected chi connectivity index (χ3v) is 4.42. The summed E-state index contributed by atoms with van der Waals surface area (Å²) in [4.78, 5) is 10.9. The number of fused-ring (bicyclic) bond motifs is 1. The number of carboxylic acids is 1. The van der Waals surface area contributed by atoms with Crippen LogP contribution in [0.2, 0.25) is 0 Å². The maximum Gasteiger partial charge on any atom is 0.304 e. The van der Waals surface area contributed by atoms with Crippen LogP contribution in [-0.2, 0) is 23.1 Å². The summed E-state index contributed by atoms with van der Waals surface area (Å²) < 4.78 is 0. The van der Waals surface area contributed by atoms with Crippen molar-refractivity contribution in [3.8, 4) is 5.75 Å². The number of carbonyl (C=O) groups is 1. The van der Waals surface area contributed by atoms with E-state index in [-0.39, 0.29) is 11.8 Å². The number of aromatic hydroxyl groups is 1. The summed E-state index contributed by atoms with van der Waals surface area (Å²) in [5, 5.41) is 19.4. The van der Waals surface area contributed by atoms with E-state index in [0.29, 0.717) is 5.75 Å². The van der Waals surface area contributed by atoms with E-state index in [2.05, 4.69) is 6.07 Å². The Hall–Kier alpha value is -1.51. The summed E-state index contributed by atoms with van der Waals surface area (Å²) >= 11 is 0. The summed E-state index contributed by atoms with van der Waals surface area (Å²) in [5.74, 6) is -0.393. The molecule has 0 atom stereocenters. The maximum absolute atomic E-state index is 10.9. The molecule has 0 aromatic heterocycles. The van der Waals surface area contributed by atoms with Crippen LogP contribution < -0.4 is 0 Å². The Balaban J connectivity index is 2.01. The van der Waals surface area contributed by atoms with Crippen molar-refractivity contribution in [1.29, 1.82) is 0 Å². The van der Waals surface area contributed by atoms with Crippen molar-refractivity contribution in [2.45, 2.75) is 50.4 Å². The topological polar surface area (TPSA) is 57.5 Å². The van der Waals surface area contributed by atoms with E-state index in [1.165, 1.54) is 12.0 Å². The predicted molar refractivity (Wildman–Crippen MR) is 67.9 cm³/mol. The minimum Gasteiger partial charge on any atom is -0.507 e. The summed E-state index contributed by atoms with van der Waals surface area (Å²) in [7, 11) is 0. The third-order valence-electron chi connectivity index (χ3n) is 4.42. The van der Waals surface area contributed by atoms with Gasteiger partial charge in [-0.25, -0.2) is 0 Å². The molecule has 0 radical (unpaired) electrons. The molecule has 0 heterocycles. The van der Waals surface area contributed by atoms with E-state index in [0.717, 1.165) is 43.2 Å².